The van der Waals surface area contributed by atoms with Crippen LogP contribution in [0.25, 0.3) is 0 Å². The van der Waals surface area contributed by atoms with Gasteiger partial charge in [-0.15, -0.1) is 0 Å². The van der Waals surface area contributed by atoms with Crippen LogP contribution in [0, 0.1) is 52.8 Å². The summed E-state index contributed by atoms with van der Waals surface area (Å²) >= 11 is 0. The Labute approximate surface area is 85.4 Å². The Morgan fingerprint density at radius 3 is 2.57 bits per heavy atom. The molecule has 6 aliphatic rings. The third kappa shape index (κ3) is 0.354. The van der Waals surface area contributed by atoms with E-state index in [4.69, 9.17) is 0 Å². The van der Waals surface area contributed by atoms with Crippen molar-refractivity contribution in [3.05, 3.63) is 0 Å². The standard InChI is InChI=1S/C14H18/c1-6-2-10-12-5-7-4-8-9(1)13(10)14(7,12)11(8)3-6/h6-13H,1-5H2. The van der Waals surface area contributed by atoms with Crippen molar-refractivity contribution in [1.82, 2.24) is 0 Å². The fourth-order valence-electron chi connectivity index (χ4n) is 8.27. The summed E-state index contributed by atoms with van der Waals surface area (Å²) in [6, 6.07) is 0. The highest BCUT2D eigenvalue weighted by Gasteiger charge is 2.86. The minimum Gasteiger partial charge on any atom is -0.0470 e. The van der Waals surface area contributed by atoms with E-state index in [-0.39, 0.29) is 0 Å². The van der Waals surface area contributed by atoms with Crippen molar-refractivity contribution in [2.45, 2.75) is 32.1 Å². The molecule has 0 heteroatoms. The van der Waals surface area contributed by atoms with Gasteiger partial charge in [-0.2, -0.15) is 0 Å². The van der Waals surface area contributed by atoms with Crippen molar-refractivity contribution >= 4 is 0 Å². The molecule has 0 aromatic heterocycles. The molecule has 0 radical (unpaired) electrons. The van der Waals surface area contributed by atoms with Gasteiger partial charge < -0.3 is 0 Å². The van der Waals surface area contributed by atoms with E-state index >= 15 is 0 Å². The molecule has 9 unspecified atom stereocenters. The minimum atomic E-state index is 1.02. The summed E-state index contributed by atoms with van der Waals surface area (Å²) in [5.41, 5.74) is 1.02. The number of fused-ring (bicyclic) bond motifs is 2. The van der Waals surface area contributed by atoms with Gasteiger partial charge in [0.05, 0.1) is 0 Å². The SMILES string of the molecule is C1C2CC3C4CC5CC6C1C3C54C6C2. The first-order chi connectivity index (χ1) is 6.90. The summed E-state index contributed by atoms with van der Waals surface area (Å²) in [6.45, 7) is 0. The predicted molar refractivity (Wildman–Crippen MR) is 53.4 cm³/mol. The average molecular weight is 186 g/mol. The van der Waals surface area contributed by atoms with E-state index in [0.717, 1.165) is 5.41 Å². The lowest BCUT2D eigenvalue weighted by atomic mass is 9.31. The van der Waals surface area contributed by atoms with Crippen molar-refractivity contribution in [3.8, 4) is 0 Å². The zero-order valence-electron chi connectivity index (χ0n) is 8.65. The molecule has 1 spiro atoms. The second-order valence-corrected chi connectivity index (χ2v) is 7.47. The molecule has 6 rings (SSSR count). The van der Waals surface area contributed by atoms with Gasteiger partial charge in [0.1, 0.15) is 0 Å². The van der Waals surface area contributed by atoms with Gasteiger partial charge in [-0.25, -0.2) is 0 Å². The molecule has 0 aliphatic heterocycles. The summed E-state index contributed by atoms with van der Waals surface area (Å²) < 4.78 is 0. The molecule has 0 aromatic carbocycles. The summed E-state index contributed by atoms with van der Waals surface area (Å²) in [4.78, 5) is 0. The van der Waals surface area contributed by atoms with Crippen LogP contribution >= 0.6 is 0 Å². The first-order valence-electron chi connectivity index (χ1n) is 6.90. The molecule has 5 bridgehead atoms. The van der Waals surface area contributed by atoms with Crippen LogP contribution < -0.4 is 0 Å². The molecule has 14 heavy (non-hydrogen) atoms. The fourth-order valence-corrected chi connectivity index (χ4v) is 8.27. The normalized spacial score (nSPS) is 84.0. The molecular formula is C14H18. The van der Waals surface area contributed by atoms with E-state index in [1.165, 1.54) is 47.3 Å². The molecule has 6 aliphatic carbocycles. The highest BCUT2D eigenvalue weighted by atomic mass is 14.9. The lowest BCUT2D eigenvalue weighted by Gasteiger charge is -2.73. The maximum absolute atomic E-state index is 1.68. The van der Waals surface area contributed by atoms with Crippen LogP contribution in [-0.2, 0) is 0 Å². The molecule has 0 aromatic rings. The Hall–Kier alpha value is 0. The van der Waals surface area contributed by atoms with Gasteiger partial charge in [0.2, 0.25) is 0 Å². The van der Waals surface area contributed by atoms with E-state index in [1.54, 1.807) is 32.1 Å². The highest BCUT2D eigenvalue weighted by molar-refractivity contribution is 5.33. The fraction of sp³-hybridized carbons (Fsp3) is 1.00. The van der Waals surface area contributed by atoms with Crippen LogP contribution in [0.3, 0.4) is 0 Å². The minimum absolute atomic E-state index is 1.02. The van der Waals surface area contributed by atoms with E-state index in [2.05, 4.69) is 0 Å². The Morgan fingerprint density at radius 2 is 1.57 bits per heavy atom. The van der Waals surface area contributed by atoms with Gasteiger partial charge in [-0.05, 0) is 84.9 Å². The van der Waals surface area contributed by atoms with E-state index in [9.17, 15) is 0 Å². The summed E-state index contributed by atoms with van der Waals surface area (Å²) in [5.74, 6) is 10.0. The first kappa shape index (κ1) is 6.55. The summed E-state index contributed by atoms with van der Waals surface area (Å²) in [6.07, 6.45) is 8.38. The Kier molecular flexibility index (Phi) is 0.715. The van der Waals surface area contributed by atoms with Crippen molar-refractivity contribution in [1.29, 1.82) is 0 Å². The molecule has 74 valence electrons. The van der Waals surface area contributed by atoms with Crippen molar-refractivity contribution in [3.63, 3.8) is 0 Å². The first-order valence-corrected chi connectivity index (χ1v) is 6.90. The van der Waals surface area contributed by atoms with Crippen LogP contribution in [0.2, 0.25) is 0 Å². The second-order valence-electron chi connectivity index (χ2n) is 7.47. The number of rotatable bonds is 0. The van der Waals surface area contributed by atoms with E-state index in [1.807, 2.05) is 0 Å². The van der Waals surface area contributed by atoms with Crippen LogP contribution in [0.1, 0.15) is 32.1 Å². The zero-order chi connectivity index (χ0) is 8.65. The molecule has 0 heterocycles. The smallest absolute Gasteiger partial charge is 0.0173 e. The lowest BCUT2D eigenvalue weighted by Crippen LogP contribution is -2.68. The van der Waals surface area contributed by atoms with Gasteiger partial charge in [0.25, 0.3) is 0 Å². The van der Waals surface area contributed by atoms with Crippen LogP contribution in [0.4, 0.5) is 0 Å². The van der Waals surface area contributed by atoms with Crippen LogP contribution in [-0.4, -0.2) is 0 Å². The summed E-state index contributed by atoms with van der Waals surface area (Å²) in [5, 5.41) is 0. The Bertz CT molecular complexity index is 345. The molecule has 6 fully saturated rings. The molecule has 0 nitrogen and oxygen atoms in total. The molecule has 0 saturated heterocycles. The maximum atomic E-state index is 1.68. The maximum Gasteiger partial charge on any atom is -0.0173 e. The lowest BCUT2D eigenvalue weighted by molar-refractivity contribution is -0.260. The average Bonchev–Trinajstić information content (AvgIpc) is 2.43. The third-order valence-electron chi connectivity index (χ3n) is 7.97. The van der Waals surface area contributed by atoms with E-state index < -0.39 is 0 Å². The number of hydrogen-bond donors (Lipinski definition) is 0. The van der Waals surface area contributed by atoms with Crippen molar-refractivity contribution in [2.75, 3.05) is 0 Å². The second kappa shape index (κ2) is 1.53. The third-order valence-corrected chi connectivity index (χ3v) is 7.97. The quantitative estimate of drug-likeness (QED) is 0.545. The molecular weight excluding hydrogens is 168 g/mol. The zero-order valence-corrected chi connectivity index (χ0v) is 8.65. The Morgan fingerprint density at radius 1 is 0.714 bits per heavy atom. The number of hydrogen-bond acceptors (Lipinski definition) is 0. The molecule has 9 atom stereocenters. The predicted octanol–water partition coefficient (Wildman–Crippen LogP) is 2.93. The van der Waals surface area contributed by atoms with Gasteiger partial charge in [0, 0.05) is 0 Å². The largest absolute Gasteiger partial charge is 0.0470 e. The van der Waals surface area contributed by atoms with E-state index in [0.29, 0.717) is 0 Å². The highest BCUT2D eigenvalue weighted by Crippen LogP contribution is 2.91. The van der Waals surface area contributed by atoms with Gasteiger partial charge in [0.15, 0.2) is 0 Å². The monoisotopic (exact) mass is 186 g/mol. The van der Waals surface area contributed by atoms with Gasteiger partial charge >= 0.3 is 0 Å². The topological polar surface area (TPSA) is 0 Å². The van der Waals surface area contributed by atoms with Crippen molar-refractivity contribution in [2.24, 2.45) is 52.8 Å². The van der Waals surface area contributed by atoms with Crippen molar-refractivity contribution < 1.29 is 0 Å². The van der Waals surface area contributed by atoms with Gasteiger partial charge in [-0.3, -0.25) is 0 Å². The Balaban J connectivity index is 1.71. The van der Waals surface area contributed by atoms with Crippen LogP contribution in [0.5, 0.6) is 0 Å². The van der Waals surface area contributed by atoms with Gasteiger partial charge in [-0.1, -0.05) is 0 Å². The molecule has 0 N–H and O–H groups in total. The van der Waals surface area contributed by atoms with Crippen LogP contribution in [0.15, 0.2) is 0 Å². The summed E-state index contributed by atoms with van der Waals surface area (Å²) in [7, 11) is 0. The molecule has 6 saturated carbocycles. The molecule has 0 amide bonds.